The van der Waals surface area contributed by atoms with Crippen molar-refractivity contribution in [2.24, 2.45) is 5.11 Å². The van der Waals surface area contributed by atoms with Crippen LogP contribution in [-0.4, -0.2) is 43.2 Å². The second-order valence-corrected chi connectivity index (χ2v) is 12.6. The summed E-state index contributed by atoms with van der Waals surface area (Å²) in [5, 5.41) is 3.79. The van der Waals surface area contributed by atoms with Crippen molar-refractivity contribution < 1.29 is 14.0 Å². The Hall–Kier alpha value is -0.548. The van der Waals surface area contributed by atoms with E-state index in [2.05, 4.69) is 23.9 Å². The van der Waals surface area contributed by atoms with Gasteiger partial charge in [0, 0.05) is 19.2 Å². The maximum atomic E-state index is 12.6. The molecular weight excluding hydrogens is 484 g/mol. The highest BCUT2D eigenvalue weighted by Gasteiger charge is 2.16. The monoisotopic (exact) mass is 542 g/mol. The lowest BCUT2D eigenvalue weighted by molar-refractivity contribution is -0.150. The first kappa shape index (κ1) is 31.7. The fourth-order valence-electron chi connectivity index (χ4n) is 4.43. The number of unbranched alkanes of at least 4 members (excludes halogenated alkanes) is 14. The second kappa shape index (κ2) is 27.5. The van der Waals surface area contributed by atoms with Crippen LogP contribution in [0.3, 0.4) is 0 Å². The van der Waals surface area contributed by atoms with Gasteiger partial charge in [0.2, 0.25) is 0 Å². The molecule has 0 aliphatic rings. The molecule has 0 aromatic heterocycles. The Bertz CT molecular complexity index is 620. The van der Waals surface area contributed by atoms with E-state index in [1.54, 1.807) is 0 Å². The summed E-state index contributed by atoms with van der Waals surface area (Å²) in [5.41, 5.74) is 8.88. The van der Waals surface area contributed by atoms with Crippen LogP contribution in [0.25, 0.3) is 10.4 Å². The van der Waals surface area contributed by atoms with Crippen molar-refractivity contribution in [1.29, 1.82) is 2.51 Å². The highest BCUT2D eigenvalue weighted by molar-refractivity contribution is 7.70. The maximum absolute atomic E-state index is 12.6. The molecule has 9 heteroatoms. The summed E-state index contributed by atoms with van der Waals surface area (Å²) >= 11 is 0. The van der Waals surface area contributed by atoms with E-state index >= 15 is 0 Å². The largest absolute Gasteiger partial charge is 0.462 e. The lowest BCUT2D eigenvalue weighted by atomic mass is 10.0. The number of carbonyl (C=O) groups is 1. The van der Waals surface area contributed by atoms with E-state index in [-0.39, 0.29) is 18.7 Å². The predicted octanol–water partition coefficient (Wildman–Crippen LogP) is 8.59. The van der Waals surface area contributed by atoms with Crippen molar-refractivity contribution in [1.82, 2.24) is 0 Å². The lowest BCUT2D eigenvalue weighted by Gasteiger charge is -2.19. The van der Waals surface area contributed by atoms with Crippen LogP contribution < -0.4 is 0 Å². The molecule has 0 spiro atoms. The molecule has 0 saturated carbocycles. The van der Waals surface area contributed by atoms with Gasteiger partial charge in [0.05, 0.1) is 14.8 Å². The fourth-order valence-corrected chi connectivity index (χ4v) is 5.05. The van der Waals surface area contributed by atoms with Crippen molar-refractivity contribution in [3.05, 3.63) is 10.4 Å². The number of esters is 1. The molecule has 0 fully saturated rings. The highest BCUT2D eigenvalue weighted by atomic mass is 31.3. The van der Waals surface area contributed by atoms with Crippen LogP contribution >= 0.6 is 8.73 Å². The molecule has 36 heavy (non-hydrogen) atoms. The average Bonchev–Trinajstić information content (AvgIpc) is 2.90. The minimum absolute atomic E-state index is 0.0722. The molecule has 0 aromatic carbocycles. The Kier molecular flexibility index (Phi) is 24.2. The minimum atomic E-state index is -3.22. The first-order chi connectivity index (χ1) is 18.4. The van der Waals surface area contributed by atoms with Gasteiger partial charge in [0.15, 0.2) is 0 Å². The van der Waals surface area contributed by atoms with Gasteiger partial charge in [-0.25, -0.2) is 0 Å². The summed E-state index contributed by atoms with van der Waals surface area (Å²) in [6.07, 6.45) is 22.9. The Balaban J connectivity index is 4.42. The molecule has 0 aliphatic heterocycles. The molecule has 0 bridgehead atoms. The standard InChI is InChI=1S/C27H55BN3O3PSi/c1-3-5-7-9-11-12-13-14-16-18-23-27(32)34-26(21-17-15-10-8-6-4-2)22-19-20-25(30-31-29)24-33-36(28)35/h25-26,36H,3-24,35H2,1-2H3/t25-,26?,36?/m1/s1/i35T,36D/t25-,26?,35?,36?. The summed E-state index contributed by atoms with van der Waals surface area (Å²) in [5.74, 6) is -0.0972. The van der Waals surface area contributed by atoms with Crippen LogP contribution in [0.1, 0.15) is 149 Å². The van der Waals surface area contributed by atoms with E-state index in [9.17, 15) is 4.79 Å². The third kappa shape index (κ3) is 25.1. The maximum Gasteiger partial charge on any atom is 0.306 e. The second-order valence-electron chi connectivity index (χ2n) is 10.1. The van der Waals surface area contributed by atoms with Crippen LogP contribution in [0.4, 0.5) is 0 Å². The molecule has 6 nitrogen and oxygen atoms in total. The van der Waals surface area contributed by atoms with Crippen molar-refractivity contribution in [2.75, 3.05) is 6.61 Å². The van der Waals surface area contributed by atoms with Crippen molar-refractivity contribution in [3.63, 3.8) is 0 Å². The molecule has 0 N–H and O–H groups in total. The van der Waals surface area contributed by atoms with E-state index in [1.807, 2.05) is 0 Å². The first-order valence-electron chi connectivity index (χ1n) is 15.7. The van der Waals surface area contributed by atoms with Crippen LogP contribution in [0.15, 0.2) is 5.11 Å². The van der Waals surface area contributed by atoms with Crippen LogP contribution in [0.5, 0.6) is 0 Å². The Morgan fingerprint density at radius 1 is 0.944 bits per heavy atom. The van der Waals surface area contributed by atoms with Gasteiger partial charge >= 0.3 is 5.97 Å². The molecule has 2 radical (unpaired) electrons. The molecule has 208 valence electrons. The first-order valence-corrected chi connectivity index (χ1v) is 17.7. The van der Waals surface area contributed by atoms with Gasteiger partial charge in [0.25, 0.3) is 0 Å². The normalized spacial score (nSPS) is 15.6. The summed E-state index contributed by atoms with van der Waals surface area (Å²) < 4.78 is 26.4. The molecule has 0 rings (SSSR count). The lowest BCUT2D eigenvalue weighted by Crippen LogP contribution is -2.21. The predicted molar refractivity (Wildman–Crippen MR) is 160 cm³/mol. The SMILES string of the molecule is [2H][Si]([B])(OC[C@@H](CCCC(CCCCCCCC)OC(=O)CCCCCCCCCCCC)N=[N+]=[N-])P[3H]. The zero-order chi connectivity index (χ0) is 28.3. The van der Waals surface area contributed by atoms with Gasteiger partial charge in [-0.05, 0) is 44.1 Å². The third-order valence-electron chi connectivity index (χ3n) is 6.62. The van der Waals surface area contributed by atoms with Gasteiger partial charge in [-0.2, -0.15) is 0 Å². The Morgan fingerprint density at radius 2 is 1.47 bits per heavy atom. The number of ether oxygens (including phenoxy) is 1. The van der Waals surface area contributed by atoms with E-state index in [4.69, 9.17) is 24.6 Å². The number of hydrogen-bond acceptors (Lipinski definition) is 4. The molecular formula is C27H55BN3O3PSi. The van der Waals surface area contributed by atoms with E-state index < -0.39 is 23.3 Å². The van der Waals surface area contributed by atoms with Crippen molar-refractivity contribution >= 4 is 30.7 Å². The van der Waals surface area contributed by atoms with Gasteiger partial charge in [0.1, 0.15) is 14.6 Å². The summed E-state index contributed by atoms with van der Waals surface area (Å²) in [6, 6.07) is -0.422. The van der Waals surface area contributed by atoms with Gasteiger partial charge < -0.3 is 9.16 Å². The summed E-state index contributed by atoms with van der Waals surface area (Å²) in [6.45, 7) is 4.53. The average molecular weight is 543 g/mol. The van der Waals surface area contributed by atoms with E-state index in [0.29, 0.717) is 12.8 Å². The third-order valence-corrected chi connectivity index (χ3v) is 7.53. The Morgan fingerprint density at radius 3 is 2.03 bits per heavy atom. The smallest absolute Gasteiger partial charge is 0.306 e. The number of hydrogen-bond donors (Lipinski definition) is 0. The Labute approximate surface area is 230 Å². The van der Waals surface area contributed by atoms with Gasteiger partial charge in [-0.1, -0.05) is 109 Å². The molecule has 4 atom stereocenters. The zero-order valence-corrected chi connectivity index (χ0v) is 25.4. The molecule has 0 saturated heterocycles. The van der Waals surface area contributed by atoms with Crippen molar-refractivity contribution in [2.45, 2.75) is 161 Å². The van der Waals surface area contributed by atoms with Gasteiger partial charge in [-0.15, -0.1) is 8.73 Å². The zero-order valence-electron chi connectivity index (χ0n) is 25.4. The van der Waals surface area contributed by atoms with Crippen molar-refractivity contribution in [3.8, 4) is 0 Å². The quantitative estimate of drug-likeness (QED) is 0.0189. The molecule has 0 amide bonds. The van der Waals surface area contributed by atoms with E-state index in [0.717, 1.165) is 44.9 Å². The molecule has 3 unspecified atom stereocenters. The fraction of sp³-hybridized carbons (Fsp3) is 0.963. The molecule has 0 heterocycles. The van der Waals surface area contributed by atoms with Gasteiger partial charge in [-0.3, -0.25) is 4.79 Å². The summed E-state index contributed by atoms with van der Waals surface area (Å²) in [7, 11) is 1.98. The highest BCUT2D eigenvalue weighted by Crippen LogP contribution is 2.19. The topological polar surface area (TPSA) is 84.3 Å². The number of nitrogens with zero attached hydrogens (tertiary/aromatic N) is 3. The number of carbonyl (C=O) groups excluding carboxylic acids is 1. The van der Waals surface area contributed by atoms with E-state index in [1.165, 1.54) is 77.0 Å². The number of azide groups is 1. The number of rotatable bonds is 28. The summed E-state index contributed by atoms with van der Waals surface area (Å²) in [4.78, 5) is 15.5. The van der Waals surface area contributed by atoms with Crippen LogP contribution in [-0.2, 0) is 14.0 Å². The van der Waals surface area contributed by atoms with Crippen LogP contribution in [0.2, 0.25) is 0 Å². The minimum Gasteiger partial charge on any atom is -0.462 e. The van der Waals surface area contributed by atoms with Crippen LogP contribution in [0, 0.1) is 0 Å². The molecule has 0 aromatic rings. The molecule has 0 aliphatic carbocycles.